The number of rotatable bonds is 4. The minimum atomic E-state index is -0.272. The van der Waals surface area contributed by atoms with Crippen LogP contribution in [0.4, 0.5) is 0 Å². The lowest BCUT2D eigenvalue weighted by molar-refractivity contribution is -0.122. The minimum absolute atomic E-state index is 0.0267. The lowest BCUT2D eigenvalue weighted by Gasteiger charge is -2.35. The Hall–Kier alpha value is -2.59. The molecule has 5 heteroatoms. The van der Waals surface area contributed by atoms with Gasteiger partial charge < -0.3 is 10.1 Å². The second-order valence-corrected chi connectivity index (χ2v) is 7.63. The maximum Gasteiger partial charge on any atom is 0.225 e. The molecule has 0 saturated heterocycles. The number of ketones is 1. The monoisotopic (exact) mass is 395 g/mol. The first-order chi connectivity index (χ1) is 13.6. The van der Waals surface area contributed by atoms with Gasteiger partial charge in [0.15, 0.2) is 5.78 Å². The van der Waals surface area contributed by atoms with Crippen molar-refractivity contribution in [2.24, 2.45) is 0 Å². The van der Waals surface area contributed by atoms with Gasteiger partial charge in [0.2, 0.25) is 5.91 Å². The number of para-hydroxylation sites is 1. The van der Waals surface area contributed by atoms with E-state index in [0.29, 0.717) is 24.5 Å². The number of ether oxygens (including phenoxy) is 1. The molecule has 2 aromatic carbocycles. The van der Waals surface area contributed by atoms with Crippen molar-refractivity contribution in [1.29, 1.82) is 0 Å². The molecule has 144 valence electrons. The lowest BCUT2D eigenvalue weighted by atomic mass is 9.73. The largest absolute Gasteiger partial charge is 0.494 e. The second-order valence-electron chi connectivity index (χ2n) is 7.22. The molecule has 1 aliphatic heterocycles. The summed E-state index contributed by atoms with van der Waals surface area (Å²) in [6, 6.07) is 15.3. The molecule has 1 amide bonds. The highest BCUT2D eigenvalue weighted by atomic mass is 35.5. The van der Waals surface area contributed by atoms with Crippen LogP contribution in [0.15, 0.2) is 59.8 Å². The third kappa shape index (κ3) is 3.45. The van der Waals surface area contributed by atoms with Crippen LogP contribution >= 0.6 is 11.6 Å². The predicted octanol–water partition coefficient (Wildman–Crippen LogP) is 4.74. The summed E-state index contributed by atoms with van der Waals surface area (Å²) in [4.78, 5) is 25.7. The Bertz CT molecular complexity index is 966. The molecule has 2 aromatic rings. The highest BCUT2D eigenvalue weighted by Gasteiger charge is 2.39. The van der Waals surface area contributed by atoms with Gasteiger partial charge in [0.25, 0.3) is 0 Å². The number of halogens is 1. The Balaban J connectivity index is 1.74. The standard InChI is InChI=1S/C23H22ClNO3/c1-2-28-21-10-6-4-8-16(21)17-13-22(27)25-19-11-14(12-20(26)23(17)19)15-7-3-5-9-18(15)24/h3-10,14,17H,2,11-13H2,1H3,(H,25,27)/t14-,17-/m1/s1. The lowest BCUT2D eigenvalue weighted by Crippen LogP contribution is -2.38. The minimum Gasteiger partial charge on any atom is -0.494 e. The van der Waals surface area contributed by atoms with Crippen LogP contribution in [-0.2, 0) is 9.59 Å². The van der Waals surface area contributed by atoms with Gasteiger partial charge in [0.05, 0.1) is 6.61 Å². The molecule has 0 saturated carbocycles. The Morgan fingerprint density at radius 1 is 1.00 bits per heavy atom. The van der Waals surface area contributed by atoms with Crippen molar-refractivity contribution in [3.05, 3.63) is 76.0 Å². The number of allylic oxidation sites excluding steroid dienone is 2. The van der Waals surface area contributed by atoms with E-state index >= 15 is 0 Å². The Morgan fingerprint density at radius 3 is 2.46 bits per heavy atom. The summed E-state index contributed by atoms with van der Waals surface area (Å²) < 4.78 is 5.76. The number of carbonyl (C=O) groups excluding carboxylic acids is 2. The number of Topliss-reactive ketones (excluding diaryl/α,β-unsaturated/α-hetero) is 1. The van der Waals surface area contributed by atoms with E-state index in [9.17, 15) is 9.59 Å². The van der Waals surface area contributed by atoms with Crippen LogP contribution in [0.2, 0.25) is 5.02 Å². The van der Waals surface area contributed by atoms with Crippen LogP contribution in [0.3, 0.4) is 0 Å². The molecular formula is C23H22ClNO3. The van der Waals surface area contributed by atoms with Crippen LogP contribution in [-0.4, -0.2) is 18.3 Å². The highest BCUT2D eigenvalue weighted by molar-refractivity contribution is 6.31. The topological polar surface area (TPSA) is 55.4 Å². The van der Waals surface area contributed by atoms with Crippen LogP contribution in [0, 0.1) is 0 Å². The number of nitrogens with one attached hydrogen (secondary N) is 1. The van der Waals surface area contributed by atoms with Crippen molar-refractivity contribution >= 4 is 23.3 Å². The fourth-order valence-electron chi connectivity index (χ4n) is 4.31. The molecule has 28 heavy (non-hydrogen) atoms. The maximum atomic E-state index is 13.2. The van der Waals surface area contributed by atoms with E-state index in [1.54, 1.807) is 0 Å². The zero-order valence-corrected chi connectivity index (χ0v) is 16.5. The third-order valence-electron chi connectivity index (χ3n) is 5.48. The number of hydrogen-bond acceptors (Lipinski definition) is 3. The molecule has 1 aliphatic carbocycles. The summed E-state index contributed by atoms with van der Waals surface area (Å²) in [5.74, 6) is 0.440. The molecule has 2 aliphatic rings. The Morgan fingerprint density at radius 2 is 1.71 bits per heavy atom. The number of carbonyl (C=O) groups is 2. The highest BCUT2D eigenvalue weighted by Crippen LogP contribution is 2.45. The Kier molecular flexibility index (Phi) is 5.23. The summed E-state index contributed by atoms with van der Waals surface area (Å²) in [6.45, 7) is 2.46. The van der Waals surface area contributed by atoms with E-state index in [0.717, 1.165) is 28.1 Å². The van der Waals surface area contributed by atoms with Crippen LogP contribution in [0.1, 0.15) is 49.1 Å². The van der Waals surface area contributed by atoms with Gasteiger partial charge in [-0.05, 0) is 37.0 Å². The summed E-state index contributed by atoms with van der Waals surface area (Å²) in [6.07, 6.45) is 1.25. The van der Waals surface area contributed by atoms with Gasteiger partial charge in [0.1, 0.15) is 5.75 Å². The van der Waals surface area contributed by atoms with Gasteiger partial charge in [-0.3, -0.25) is 9.59 Å². The average Bonchev–Trinajstić information content (AvgIpc) is 2.68. The maximum absolute atomic E-state index is 13.2. The van der Waals surface area contributed by atoms with Crippen molar-refractivity contribution < 1.29 is 14.3 Å². The van der Waals surface area contributed by atoms with Crippen LogP contribution < -0.4 is 10.1 Å². The van der Waals surface area contributed by atoms with Crippen LogP contribution in [0.5, 0.6) is 5.75 Å². The molecule has 0 fully saturated rings. The van der Waals surface area contributed by atoms with E-state index in [2.05, 4.69) is 5.32 Å². The van der Waals surface area contributed by atoms with Gasteiger partial charge >= 0.3 is 0 Å². The van der Waals surface area contributed by atoms with Crippen molar-refractivity contribution in [3.8, 4) is 5.75 Å². The normalized spacial score (nSPS) is 21.9. The molecule has 0 radical (unpaired) electrons. The fourth-order valence-corrected chi connectivity index (χ4v) is 4.60. The summed E-state index contributed by atoms with van der Waals surface area (Å²) in [7, 11) is 0. The summed E-state index contributed by atoms with van der Waals surface area (Å²) in [5.41, 5.74) is 3.30. The smallest absolute Gasteiger partial charge is 0.225 e. The van der Waals surface area contributed by atoms with Crippen molar-refractivity contribution in [3.63, 3.8) is 0 Å². The second kappa shape index (κ2) is 7.80. The molecule has 1 N–H and O–H groups in total. The first-order valence-corrected chi connectivity index (χ1v) is 9.98. The SMILES string of the molecule is CCOc1ccccc1[C@H]1CC(=O)NC2=C1C(=O)C[C@H](c1ccccc1Cl)C2. The molecule has 1 heterocycles. The van der Waals surface area contributed by atoms with E-state index in [-0.39, 0.29) is 29.9 Å². The zero-order chi connectivity index (χ0) is 19.7. The van der Waals surface area contributed by atoms with Crippen molar-refractivity contribution in [2.75, 3.05) is 6.61 Å². The number of hydrogen-bond donors (Lipinski definition) is 1. The molecule has 2 atom stereocenters. The molecule has 0 aromatic heterocycles. The van der Waals surface area contributed by atoms with Gasteiger partial charge in [-0.25, -0.2) is 0 Å². The van der Waals surface area contributed by atoms with Gasteiger partial charge in [-0.15, -0.1) is 0 Å². The number of amides is 1. The molecule has 4 nitrogen and oxygen atoms in total. The van der Waals surface area contributed by atoms with Crippen molar-refractivity contribution in [2.45, 2.75) is 38.0 Å². The van der Waals surface area contributed by atoms with Gasteiger partial charge in [-0.1, -0.05) is 48.0 Å². The predicted molar refractivity (Wildman–Crippen MR) is 109 cm³/mol. The molecule has 0 unspecified atom stereocenters. The zero-order valence-electron chi connectivity index (χ0n) is 15.7. The van der Waals surface area contributed by atoms with E-state index in [1.807, 2.05) is 55.5 Å². The molecule has 0 spiro atoms. The average molecular weight is 396 g/mol. The first kappa shape index (κ1) is 18.8. The van der Waals surface area contributed by atoms with E-state index in [4.69, 9.17) is 16.3 Å². The molecule has 0 bridgehead atoms. The first-order valence-electron chi connectivity index (χ1n) is 9.60. The van der Waals surface area contributed by atoms with E-state index < -0.39 is 0 Å². The molecular weight excluding hydrogens is 374 g/mol. The van der Waals surface area contributed by atoms with Crippen LogP contribution in [0.25, 0.3) is 0 Å². The summed E-state index contributed by atoms with van der Waals surface area (Å²) >= 11 is 6.36. The molecule has 4 rings (SSSR count). The Labute approximate surface area is 169 Å². The van der Waals surface area contributed by atoms with E-state index in [1.165, 1.54) is 0 Å². The van der Waals surface area contributed by atoms with Crippen molar-refractivity contribution in [1.82, 2.24) is 5.32 Å². The third-order valence-corrected chi connectivity index (χ3v) is 5.82. The van der Waals surface area contributed by atoms with Gasteiger partial charge in [0, 0.05) is 40.6 Å². The quantitative estimate of drug-likeness (QED) is 0.813. The van der Waals surface area contributed by atoms with Gasteiger partial charge in [-0.2, -0.15) is 0 Å². The summed E-state index contributed by atoms with van der Waals surface area (Å²) in [5, 5.41) is 3.61. The fraction of sp³-hybridized carbons (Fsp3) is 0.304. The number of benzene rings is 2.